The minimum atomic E-state index is -0.396. The number of nitrogens with zero attached hydrogens (tertiary/aromatic N) is 3. The molecule has 7 nitrogen and oxygen atoms in total. The maximum Gasteiger partial charge on any atom is 0.259 e. The van der Waals surface area contributed by atoms with Crippen LogP contribution in [0.2, 0.25) is 0 Å². The van der Waals surface area contributed by atoms with Crippen LogP contribution in [0.5, 0.6) is 11.6 Å². The Morgan fingerprint density at radius 2 is 1.85 bits per heavy atom. The van der Waals surface area contributed by atoms with Crippen molar-refractivity contribution in [1.29, 1.82) is 5.26 Å². The van der Waals surface area contributed by atoms with Crippen LogP contribution in [-0.4, -0.2) is 15.9 Å². The van der Waals surface area contributed by atoms with E-state index in [1.807, 2.05) is 13.0 Å². The van der Waals surface area contributed by atoms with Gasteiger partial charge < -0.3 is 15.4 Å². The van der Waals surface area contributed by atoms with Crippen molar-refractivity contribution in [2.24, 2.45) is 0 Å². The molecular formula is C25H18FN5O2. The molecule has 0 radical (unpaired) electrons. The lowest BCUT2D eigenvalue weighted by Gasteiger charge is -2.13. The van der Waals surface area contributed by atoms with E-state index < -0.39 is 5.82 Å². The standard InChI is InChI=1S/C25H18FN5O2/c1-16-13-20(33-25-17(15-27)5-3-12-29-25)9-10-22(16)31-24(32)21-8-4-11-28-23(21)30-19-7-2-6-18(26)14-19/h2-14H,1H3,(H,28,30)(H,31,32). The summed E-state index contributed by atoms with van der Waals surface area (Å²) >= 11 is 0. The van der Waals surface area contributed by atoms with E-state index in [2.05, 4.69) is 20.6 Å². The predicted molar refractivity (Wildman–Crippen MR) is 122 cm³/mol. The van der Waals surface area contributed by atoms with Gasteiger partial charge >= 0.3 is 0 Å². The van der Waals surface area contributed by atoms with E-state index in [4.69, 9.17) is 4.74 Å². The number of benzene rings is 2. The Morgan fingerprint density at radius 1 is 1.03 bits per heavy atom. The van der Waals surface area contributed by atoms with Crippen molar-refractivity contribution >= 4 is 23.1 Å². The molecule has 0 saturated carbocycles. The Morgan fingerprint density at radius 3 is 2.64 bits per heavy atom. The number of ether oxygens (including phenoxy) is 1. The summed E-state index contributed by atoms with van der Waals surface area (Å²) in [6, 6.07) is 19.6. The van der Waals surface area contributed by atoms with Crippen LogP contribution in [0.25, 0.3) is 0 Å². The van der Waals surface area contributed by atoms with Crippen LogP contribution >= 0.6 is 0 Å². The molecule has 0 spiro atoms. The molecule has 0 aliphatic rings. The van der Waals surface area contributed by atoms with Gasteiger partial charge in [-0.2, -0.15) is 5.26 Å². The maximum atomic E-state index is 13.5. The Bertz CT molecular complexity index is 1370. The average molecular weight is 439 g/mol. The van der Waals surface area contributed by atoms with E-state index in [1.54, 1.807) is 67.0 Å². The fraction of sp³-hybridized carbons (Fsp3) is 0.0400. The quantitative estimate of drug-likeness (QED) is 0.407. The van der Waals surface area contributed by atoms with Crippen LogP contribution in [0.4, 0.5) is 21.6 Å². The van der Waals surface area contributed by atoms with Gasteiger partial charge in [0.05, 0.1) is 5.56 Å². The molecule has 0 aliphatic carbocycles. The highest BCUT2D eigenvalue weighted by Gasteiger charge is 2.15. The molecule has 33 heavy (non-hydrogen) atoms. The molecule has 0 atom stereocenters. The van der Waals surface area contributed by atoms with E-state index in [0.29, 0.717) is 34.1 Å². The first kappa shape index (κ1) is 21.5. The van der Waals surface area contributed by atoms with E-state index >= 15 is 0 Å². The second kappa shape index (κ2) is 9.58. The third kappa shape index (κ3) is 5.11. The van der Waals surface area contributed by atoms with E-state index in [0.717, 1.165) is 5.56 Å². The Balaban J connectivity index is 1.52. The monoisotopic (exact) mass is 439 g/mol. The number of aryl methyl sites for hydroxylation is 1. The molecule has 0 fully saturated rings. The molecule has 0 unspecified atom stereocenters. The van der Waals surface area contributed by atoms with E-state index in [9.17, 15) is 14.4 Å². The lowest BCUT2D eigenvalue weighted by Crippen LogP contribution is -2.15. The van der Waals surface area contributed by atoms with Gasteiger partial charge in [-0.3, -0.25) is 4.79 Å². The van der Waals surface area contributed by atoms with Crippen molar-refractivity contribution in [3.63, 3.8) is 0 Å². The van der Waals surface area contributed by atoms with Gasteiger partial charge in [-0.05, 0) is 73.2 Å². The number of rotatable bonds is 6. The summed E-state index contributed by atoms with van der Waals surface area (Å²) < 4.78 is 19.2. The maximum absolute atomic E-state index is 13.5. The summed E-state index contributed by atoms with van der Waals surface area (Å²) in [7, 11) is 0. The molecule has 2 heterocycles. The third-order valence-electron chi connectivity index (χ3n) is 4.69. The summed E-state index contributed by atoms with van der Waals surface area (Å²) in [6.07, 6.45) is 3.09. The smallest absolute Gasteiger partial charge is 0.259 e. The van der Waals surface area contributed by atoms with Crippen molar-refractivity contribution in [3.05, 3.63) is 102 Å². The van der Waals surface area contributed by atoms with Gasteiger partial charge in [0.1, 0.15) is 29.0 Å². The molecular weight excluding hydrogens is 421 g/mol. The Hall–Kier alpha value is -4.77. The minimum Gasteiger partial charge on any atom is -0.438 e. The van der Waals surface area contributed by atoms with Crippen LogP contribution in [0.15, 0.2) is 79.1 Å². The highest BCUT2D eigenvalue weighted by molar-refractivity contribution is 6.08. The zero-order chi connectivity index (χ0) is 23.2. The van der Waals surface area contributed by atoms with Crippen LogP contribution in [0.3, 0.4) is 0 Å². The average Bonchev–Trinajstić information content (AvgIpc) is 2.81. The number of amides is 1. The zero-order valence-electron chi connectivity index (χ0n) is 17.5. The van der Waals surface area contributed by atoms with Crippen molar-refractivity contribution in [3.8, 4) is 17.7 Å². The number of carbonyl (C=O) groups excluding carboxylic acids is 1. The van der Waals surface area contributed by atoms with Crippen molar-refractivity contribution < 1.29 is 13.9 Å². The lowest BCUT2D eigenvalue weighted by atomic mass is 10.1. The first-order chi connectivity index (χ1) is 16.0. The molecule has 0 saturated heterocycles. The normalized spacial score (nSPS) is 10.2. The fourth-order valence-corrected chi connectivity index (χ4v) is 3.09. The number of hydrogen-bond acceptors (Lipinski definition) is 6. The number of carbonyl (C=O) groups is 1. The van der Waals surface area contributed by atoms with Gasteiger partial charge in [-0.1, -0.05) is 6.07 Å². The number of hydrogen-bond donors (Lipinski definition) is 2. The van der Waals surface area contributed by atoms with Gasteiger partial charge in [0, 0.05) is 23.8 Å². The number of anilines is 3. The SMILES string of the molecule is Cc1cc(Oc2ncccc2C#N)ccc1NC(=O)c1cccnc1Nc1cccc(F)c1. The second-order valence-corrected chi connectivity index (χ2v) is 7.04. The van der Waals surface area contributed by atoms with Crippen LogP contribution in [-0.2, 0) is 0 Å². The zero-order valence-corrected chi connectivity index (χ0v) is 17.5. The third-order valence-corrected chi connectivity index (χ3v) is 4.69. The summed E-state index contributed by atoms with van der Waals surface area (Å²) in [5, 5.41) is 15.0. The molecule has 8 heteroatoms. The summed E-state index contributed by atoms with van der Waals surface area (Å²) in [5.41, 5.74) is 2.43. The topological polar surface area (TPSA) is 99.9 Å². The van der Waals surface area contributed by atoms with Crippen molar-refractivity contribution in [2.45, 2.75) is 6.92 Å². The molecule has 162 valence electrons. The fourth-order valence-electron chi connectivity index (χ4n) is 3.09. The van der Waals surface area contributed by atoms with Gasteiger partial charge in [0.15, 0.2) is 0 Å². The predicted octanol–water partition coefficient (Wildman–Crippen LogP) is 5.58. The van der Waals surface area contributed by atoms with Gasteiger partial charge in [-0.25, -0.2) is 14.4 Å². The van der Waals surface area contributed by atoms with Gasteiger partial charge in [-0.15, -0.1) is 0 Å². The van der Waals surface area contributed by atoms with E-state index in [1.165, 1.54) is 12.1 Å². The molecule has 0 aliphatic heterocycles. The summed E-state index contributed by atoms with van der Waals surface area (Å²) in [6.45, 7) is 1.82. The summed E-state index contributed by atoms with van der Waals surface area (Å²) in [4.78, 5) is 21.3. The number of aromatic nitrogens is 2. The summed E-state index contributed by atoms with van der Waals surface area (Å²) in [5.74, 6) is 0.218. The molecule has 0 bridgehead atoms. The highest BCUT2D eigenvalue weighted by Crippen LogP contribution is 2.27. The Kier molecular flexibility index (Phi) is 6.23. The highest BCUT2D eigenvalue weighted by atomic mass is 19.1. The molecule has 4 rings (SSSR count). The largest absolute Gasteiger partial charge is 0.438 e. The molecule has 1 amide bonds. The number of pyridine rings is 2. The second-order valence-electron chi connectivity index (χ2n) is 7.04. The number of nitrogens with one attached hydrogen (secondary N) is 2. The van der Waals surface area contributed by atoms with Gasteiger partial charge in [0.2, 0.25) is 5.88 Å². The van der Waals surface area contributed by atoms with Gasteiger partial charge in [0.25, 0.3) is 5.91 Å². The number of halogens is 1. The molecule has 4 aromatic rings. The van der Waals surface area contributed by atoms with Crippen molar-refractivity contribution in [1.82, 2.24) is 9.97 Å². The van der Waals surface area contributed by atoms with E-state index in [-0.39, 0.29) is 11.8 Å². The minimum absolute atomic E-state index is 0.208. The first-order valence-electron chi connectivity index (χ1n) is 9.96. The molecule has 2 aromatic heterocycles. The Labute approximate surface area is 189 Å². The molecule has 2 N–H and O–H groups in total. The van der Waals surface area contributed by atoms with Crippen LogP contribution < -0.4 is 15.4 Å². The van der Waals surface area contributed by atoms with Crippen LogP contribution in [0, 0.1) is 24.1 Å². The molecule has 2 aromatic carbocycles. The number of nitriles is 1. The first-order valence-corrected chi connectivity index (χ1v) is 9.96. The van der Waals surface area contributed by atoms with Crippen molar-refractivity contribution in [2.75, 3.05) is 10.6 Å². The van der Waals surface area contributed by atoms with Crippen LogP contribution in [0.1, 0.15) is 21.5 Å². The lowest BCUT2D eigenvalue weighted by molar-refractivity contribution is 0.102.